The summed E-state index contributed by atoms with van der Waals surface area (Å²) in [4.78, 5) is 11.2. The molecule has 1 unspecified atom stereocenters. The molecule has 0 spiro atoms. The normalized spacial score (nSPS) is 12.5. The van der Waals surface area contributed by atoms with Crippen molar-refractivity contribution in [3.05, 3.63) is 0 Å². The molecular weight excluding hydrogens is 190 g/mol. The van der Waals surface area contributed by atoms with Crippen LogP contribution in [0.4, 0.5) is 0 Å². The fourth-order valence-corrected chi connectivity index (χ4v) is 1.45. The van der Waals surface area contributed by atoms with E-state index in [0.29, 0.717) is 13.0 Å². The number of carbonyl (C=O) groups excluding carboxylic acids is 1. The lowest BCUT2D eigenvalue weighted by Crippen LogP contribution is -2.15. The van der Waals surface area contributed by atoms with Gasteiger partial charge < -0.3 is 10.5 Å². The molecule has 3 nitrogen and oxygen atoms in total. The number of hydrogen-bond acceptors (Lipinski definition) is 3. The summed E-state index contributed by atoms with van der Waals surface area (Å²) in [5, 5.41) is 0. The monoisotopic (exact) mass is 215 g/mol. The van der Waals surface area contributed by atoms with Crippen molar-refractivity contribution in [1.29, 1.82) is 0 Å². The topological polar surface area (TPSA) is 52.3 Å². The van der Waals surface area contributed by atoms with Crippen LogP contribution in [0.3, 0.4) is 0 Å². The molecule has 0 bridgehead atoms. The molecule has 0 aliphatic heterocycles. The van der Waals surface area contributed by atoms with Crippen LogP contribution in [0.2, 0.25) is 0 Å². The van der Waals surface area contributed by atoms with Crippen molar-refractivity contribution in [1.82, 2.24) is 0 Å². The van der Waals surface area contributed by atoms with Crippen LogP contribution in [0.15, 0.2) is 0 Å². The summed E-state index contributed by atoms with van der Waals surface area (Å²) in [6.45, 7) is 4.71. The van der Waals surface area contributed by atoms with Crippen molar-refractivity contribution in [2.75, 3.05) is 6.54 Å². The quantitative estimate of drug-likeness (QED) is 0.475. The lowest BCUT2D eigenvalue weighted by molar-refractivity contribution is -0.148. The summed E-state index contributed by atoms with van der Waals surface area (Å²) in [6, 6.07) is 0. The van der Waals surface area contributed by atoms with E-state index in [4.69, 9.17) is 10.5 Å². The molecular formula is C12H25NO2. The van der Waals surface area contributed by atoms with E-state index in [0.717, 1.165) is 19.3 Å². The number of unbranched alkanes of at least 4 members (excludes halogenated alkanes) is 3. The Kier molecular flexibility index (Phi) is 9.59. The second kappa shape index (κ2) is 9.97. The lowest BCUT2D eigenvalue weighted by atomic mass is 10.1. The van der Waals surface area contributed by atoms with Gasteiger partial charge in [0, 0.05) is 6.42 Å². The van der Waals surface area contributed by atoms with Crippen LogP contribution >= 0.6 is 0 Å². The van der Waals surface area contributed by atoms with Gasteiger partial charge in [-0.25, -0.2) is 0 Å². The first-order valence-electron chi connectivity index (χ1n) is 6.10. The molecule has 0 aliphatic rings. The maximum Gasteiger partial charge on any atom is 0.306 e. The maximum absolute atomic E-state index is 11.2. The van der Waals surface area contributed by atoms with E-state index in [-0.39, 0.29) is 12.1 Å². The first-order chi connectivity index (χ1) is 7.20. The lowest BCUT2D eigenvalue weighted by Gasteiger charge is -2.12. The molecule has 0 saturated carbocycles. The molecule has 0 fully saturated rings. The minimum Gasteiger partial charge on any atom is -0.463 e. The van der Waals surface area contributed by atoms with Crippen LogP contribution in [0.1, 0.15) is 58.8 Å². The molecule has 0 aromatic heterocycles. The average Bonchev–Trinajstić information content (AvgIpc) is 2.21. The molecule has 0 heterocycles. The molecule has 0 rings (SSSR count). The number of hydrogen-bond donors (Lipinski definition) is 1. The van der Waals surface area contributed by atoms with Crippen molar-refractivity contribution < 1.29 is 9.53 Å². The zero-order valence-electron chi connectivity index (χ0n) is 10.1. The zero-order valence-corrected chi connectivity index (χ0v) is 10.1. The molecule has 0 aromatic rings. The Labute approximate surface area is 93.4 Å². The Bertz CT molecular complexity index is 160. The summed E-state index contributed by atoms with van der Waals surface area (Å²) in [5.41, 5.74) is 5.31. The highest BCUT2D eigenvalue weighted by molar-refractivity contribution is 5.69. The van der Waals surface area contributed by atoms with Gasteiger partial charge in [-0.05, 0) is 32.7 Å². The Morgan fingerprint density at radius 2 is 2.00 bits per heavy atom. The Morgan fingerprint density at radius 1 is 1.27 bits per heavy atom. The smallest absolute Gasteiger partial charge is 0.306 e. The number of carbonyl (C=O) groups is 1. The third kappa shape index (κ3) is 9.73. The van der Waals surface area contributed by atoms with E-state index in [1.165, 1.54) is 19.3 Å². The predicted octanol–water partition coefficient (Wildman–Crippen LogP) is 2.63. The van der Waals surface area contributed by atoms with Gasteiger partial charge in [0.05, 0.1) is 6.10 Å². The SMILES string of the molecule is CCCCCCC(C)OC(=O)CCCN. The molecule has 2 N–H and O–H groups in total. The second-order valence-electron chi connectivity index (χ2n) is 4.04. The fourth-order valence-electron chi connectivity index (χ4n) is 1.45. The average molecular weight is 215 g/mol. The minimum atomic E-state index is -0.108. The molecule has 1 atom stereocenters. The van der Waals surface area contributed by atoms with Crippen molar-refractivity contribution in [3.63, 3.8) is 0 Å². The molecule has 0 saturated heterocycles. The van der Waals surface area contributed by atoms with Crippen LogP contribution < -0.4 is 5.73 Å². The number of esters is 1. The van der Waals surface area contributed by atoms with E-state index in [2.05, 4.69) is 6.92 Å². The minimum absolute atomic E-state index is 0.0622. The van der Waals surface area contributed by atoms with Gasteiger partial charge in [0.15, 0.2) is 0 Å². The highest BCUT2D eigenvalue weighted by atomic mass is 16.5. The number of ether oxygens (including phenoxy) is 1. The molecule has 15 heavy (non-hydrogen) atoms. The standard InChI is InChI=1S/C12H25NO2/c1-3-4-5-6-8-11(2)15-12(14)9-7-10-13/h11H,3-10,13H2,1-2H3. The first kappa shape index (κ1) is 14.4. The van der Waals surface area contributed by atoms with Crippen molar-refractivity contribution in [3.8, 4) is 0 Å². The van der Waals surface area contributed by atoms with Gasteiger partial charge in [-0.2, -0.15) is 0 Å². The van der Waals surface area contributed by atoms with Gasteiger partial charge in [0.1, 0.15) is 0 Å². The first-order valence-corrected chi connectivity index (χ1v) is 6.10. The summed E-state index contributed by atoms with van der Waals surface area (Å²) in [7, 11) is 0. The maximum atomic E-state index is 11.2. The molecule has 0 amide bonds. The third-order valence-electron chi connectivity index (χ3n) is 2.38. The van der Waals surface area contributed by atoms with Gasteiger partial charge >= 0.3 is 5.97 Å². The summed E-state index contributed by atoms with van der Waals surface area (Å²) in [6.07, 6.45) is 7.12. The highest BCUT2D eigenvalue weighted by Gasteiger charge is 2.08. The molecule has 3 heteroatoms. The zero-order chi connectivity index (χ0) is 11.5. The van der Waals surface area contributed by atoms with Crippen LogP contribution in [0, 0.1) is 0 Å². The molecule has 0 aromatic carbocycles. The van der Waals surface area contributed by atoms with Crippen molar-refractivity contribution in [2.24, 2.45) is 5.73 Å². The fraction of sp³-hybridized carbons (Fsp3) is 0.917. The number of nitrogens with two attached hydrogens (primary N) is 1. The molecule has 0 radical (unpaired) electrons. The van der Waals surface area contributed by atoms with Gasteiger partial charge in [-0.15, -0.1) is 0 Å². The molecule has 90 valence electrons. The van der Waals surface area contributed by atoms with E-state index >= 15 is 0 Å². The van der Waals surface area contributed by atoms with Gasteiger partial charge in [-0.3, -0.25) is 4.79 Å². The largest absolute Gasteiger partial charge is 0.463 e. The Morgan fingerprint density at radius 3 is 2.60 bits per heavy atom. The third-order valence-corrected chi connectivity index (χ3v) is 2.38. The van der Waals surface area contributed by atoms with Crippen LogP contribution in [-0.2, 0) is 9.53 Å². The number of rotatable bonds is 9. The van der Waals surface area contributed by atoms with Crippen LogP contribution in [0.25, 0.3) is 0 Å². The summed E-state index contributed by atoms with van der Waals surface area (Å²) >= 11 is 0. The van der Waals surface area contributed by atoms with Gasteiger partial charge in [0.2, 0.25) is 0 Å². The summed E-state index contributed by atoms with van der Waals surface area (Å²) in [5.74, 6) is -0.108. The highest BCUT2D eigenvalue weighted by Crippen LogP contribution is 2.08. The summed E-state index contributed by atoms with van der Waals surface area (Å²) < 4.78 is 5.24. The van der Waals surface area contributed by atoms with Crippen LogP contribution in [0.5, 0.6) is 0 Å². The predicted molar refractivity (Wildman–Crippen MR) is 62.6 cm³/mol. The molecule has 0 aliphatic carbocycles. The van der Waals surface area contributed by atoms with Crippen molar-refractivity contribution >= 4 is 5.97 Å². The second-order valence-corrected chi connectivity index (χ2v) is 4.04. The van der Waals surface area contributed by atoms with E-state index in [9.17, 15) is 4.79 Å². The van der Waals surface area contributed by atoms with E-state index < -0.39 is 0 Å². The van der Waals surface area contributed by atoms with E-state index in [1.807, 2.05) is 6.92 Å². The van der Waals surface area contributed by atoms with Gasteiger partial charge in [0.25, 0.3) is 0 Å². The van der Waals surface area contributed by atoms with Gasteiger partial charge in [-0.1, -0.05) is 26.2 Å². The Balaban J connectivity index is 3.38. The van der Waals surface area contributed by atoms with E-state index in [1.54, 1.807) is 0 Å². The van der Waals surface area contributed by atoms with Crippen molar-refractivity contribution in [2.45, 2.75) is 64.9 Å². The Hall–Kier alpha value is -0.570. The van der Waals surface area contributed by atoms with Crippen LogP contribution in [-0.4, -0.2) is 18.6 Å².